The smallest absolute Gasteiger partial charge is 0.214 e. The first kappa shape index (κ1) is 24.8. The van der Waals surface area contributed by atoms with Gasteiger partial charge in [-0.1, -0.05) is 27.7 Å². The second-order valence-corrected chi connectivity index (χ2v) is 12.2. The molecule has 0 spiro atoms. The van der Waals surface area contributed by atoms with Crippen LogP contribution in [0.15, 0.2) is 42.6 Å². The van der Waals surface area contributed by atoms with Gasteiger partial charge < -0.3 is 0 Å². The van der Waals surface area contributed by atoms with Gasteiger partial charge in [0.2, 0.25) is 10.0 Å². The van der Waals surface area contributed by atoms with E-state index in [0.29, 0.717) is 25.6 Å². The monoisotopic (exact) mass is 486 g/mol. The lowest BCUT2D eigenvalue weighted by molar-refractivity contribution is 0.105. The van der Waals surface area contributed by atoms with Crippen LogP contribution in [0.5, 0.6) is 0 Å². The number of nitrogens with zero attached hydrogens (tertiary/aromatic N) is 4. The molecule has 1 aliphatic rings. The highest BCUT2D eigenvalue weighted by atomic mass is 32.2. The standard InChI is InChI=1S/C26H35FN4O2S/c1-18(2)15-29-10-11-30(34(32,33)17-19(3)4)16-26(29)24-13-21-14-28-31(25(21)12-20(24)5)23-8-6-22(27)7-9-23/h6-9,12-14,18-19,26H,10-11,15-17H2,1-5H3/t26-/m1/s1. The molecule has 2 aromatic carbocycles. The molecule has 6 nitrogen and oxygen atoms in total. The van der Waals surface area contributed by atoms with Gasteiger partial charge in [0.25, 0.3) is 0 Å². The fourth-order valence-electron chi connectivity index (χ4n) is 4.90. The molecule has 3 aromatic rings. The molecular formula is C26H35FN4O2S. The third-order valence-corrected chi connectivity index (χ3v) is 8.58. The molecule has 0 amide bonds. The van der Waals surface area contributed by atoms with Crippen molar-refractivity contribution >= 4 is 20.9 Å². The first-order valence-corrected chi connectivity index (χ1v) is 13.6. The maximum atomic E-state index is 13.4. The van der Waals surface area contributed by atoms with Crippen molar-refractivity contribution in [1.29, 1.82) is 0 Å². The molecular weight excluding hydrogens is 451 g/mol. The molecule has 1 atom stereocenters. The van der Waals surface area contributed by atoms with Crippen LogP contribution in [0.2, 0.25) is 0 Å². The Morgan fingerprint density at radius 3 is 2.41 bits per heavy atom. The molecule has 0 aliphatic carbocycles. The number of piperazine rings is 1. The second-order valence-electron chi connectivity index (χ2n) is 10.2. The summed E-state index contributed by atoms with van der Waals surface area (Å²) in [4.78, 5) is 2.42. The minimum absolute atomic E-state index is 0.0170. The van der Waals surface area contributed by atoms with E-state index in [2.05, 4.69) is 42.9 Å². The SMILES string of the molecule is Cc1cc2c(cnn2-c2ccc(F)cc2)cc1[C@H]1CN(S(=O)(=O)CC(C)C)CCN1CC(C)C. The number of fused-ring (bicyclic) bond motifs is 1. The van der Waals surface area contributed by atoms with Gasteiger partial charge in [0, 0.05) is 37.6 Å². The predicted molar refractivity (Wildman–Crippen MR) is 135 cm³/mol. The Balaban J connectivity index is 1.72. The summed E-state index contributed by atoms with van der Waals surface area (Å²) >= 11 is 0. The summed E-state index contributed by atoms with van der Waals surface area (Å²) in [6.07, 6.45) is 1.82. The minimum Gasteiger partial charge on any atom is -0.293 e. The highest BCUT2D eigenvalue weighted by molar-refractivity contribution is 7.89. The fraction of sp³-hybridized carbons (Fsp3) is 0.500. The second kappa shape index (κ2) is 9.76. The van der Waals surface area contributed by atoms with E-state index in [4.69, 9.17) is 0 Å². The van der Waals surface area contributed by atoms with E-state index in [1.54, 1.807) is 16.4 Å². The summed E-state index contributed by atoms with van der Waals surface area (Å²) < 4.78 is 43.0. The molecule has 1 saturated heterocycles. The molecule has 0 unspecified atom stereocenters. The van der Waals surface area contributed by atoms with E-state index in [-0.39, 0.29) is 23.5 Å². The Bertz CT molecular complexity index is 1250. The van der Waals surface area contributed by atoms with Crippen molar-refractivity contribution in [2.45, 2.75) is 40.7 Å². The Labute approximate surface area is 202 Å². The van der Waals surface area contributed by atoms with Crippen LogP contribution in [0, 0.1) is 24.6 Å². The highest BCUT2D eigenvalue weighted by Gasteiger charge is 2.35. The predicted octanol–water partition coefficient (Wildman–Crippen LogP) is 4.77. The first-order valence-electron chi connectivity index (χ1n) is 12.0. The lowest BCUT2D eigenvalue weighted by Gasteiger charge is -2.42. The van der Waals surface area contributed by atoms with Gasteiger partial charge in [-0.15, -0.1) is 0 Å². The van der Waals surface area contributed by atoms with Crippen LogP contribution in [-0.4, -0.2) is 59.3 Å². The molecule has 0 radical (unpaired) electrons. The lowest BCUT2D eigenvalue weighted by atomic mass is 9.96. The third-order valence-electron chi connectivity index (χ3n) is 6.38. The van der Waals surface area contributed by atoms with E-state index in [1.165, 1.54) is 12.1 Å². The molecule has 184 valence electrons. The quantitative estimate of drug-likeness (QED) is 0.483. The molecule has 1 fully saturated rings. The van der Waals surface area contributed by atoms with Crippen molar-refractivity contribution in [3.63, 3.8) is 0 Å². The van der Waals surface area contributed by atoms with Gasteiger partial charge in [-0.25, -0.2) is 17.5 Å². The zero-order chi connectivity index (χ0) is 24.6. The van der Waals surface area contributed by atoms with E-state index in [9.17, 15) is 12.8 Å². The third kappa shape index (κ3) is 5.19. The Hall–Kier alpha value is -2.29. The largest absolute Gasteiger partial charge is 0.293 e. The summed E-state index contributed by atoms with van der Waals surface area (Å²) in [7, 11) is -3.31. The summed E-state index contributed by atoms with van der Waals surface area (Å²) in [6, 6.07) is 10.5. The maximum Gasteiger partial charge on any atom is 0.214 e. The normalized spacial score (nSPS) is 18.4. The van der Waals surface area contributed by atoms with Crippen molar-refractivity contribution in [2.24, 2.45) is 11.8 Å². The topological polar surface area (TPSA) is 58.4 Å². The number of rotatable bonds is 7. The number of hydrogen-bond acceptors (Lipinski definition) is 4. The molecule has 0 N–H and O–H groups in total. The average molecular weight is 487 g/mol. The minimum atomic E-state index is -3.31. The zero-order valence-electron chi connectivity index (χ0n) is 20.7. The van der Waals surface area contributed by atoms with E-state index in [0.717, 1.165) is 34.3 Å². The number of aromatic nitrogens is 2. The van der Waals surface area contributed by atoms with Crippen molar-refractivity contribution < 1.29 is 12.8 Å². The summed E-state index contributed by atoms with van der Waals surface area (Å²) in [5.74, 6) is 0.462. The summed E-state index contributed by atoms with van der Waals surface area (Å²) in [5.41, 5.74) is 3.98. The first-order chi connectivity index (χ1) is 16.0. The number of sulfonamides is 1. The van der Waals surface area contributed by atoms with Gasteiger partial charge in [0.15, 0.2) is 0 Å². The maximum absolute atomic E-state index is 13.4. The van der Waals surface area contributed by atoms with Gasteiger partial charge in [0.05, 0.1) is 23.2 Å². The van der Waals surface area contributed by atoms with Gasteiger partial charge in [-0.3, -0.25) is 4.90 Å². The van der Waals surface area contributed by atoms with Gasteiger partial charge >= 0.3 is 0 Å². The average Bonchev–Trinajstić information content (AvgIpc) is 3.15. The number of benzene rings is 2. The van der Waals surface area contributed by atoms with Gasteiger partial charge in [-0.2, -0.15) is 9.40 Å². The van der Waals surface area contributed by atoms with E-state index >= 15 is 0 Å². The number of aryl methyl sites for hydroxylation is 1. The van der Waals surface area contributed by atoms with Crippen molar-refractivity contribution in [3.05, 3.63) is 59.5 Å². The molecule has 34 heavy (non-hydrogen) atoms. The van der Waals surface area contributed by atoms with Gasteiger partial charge in [-0.05, 0) is 66.3 Å². The van der Waals surface area contributed by atoms with Crippen molar-refractivity contribution in [3.8, 4) is 5.69 Å². The van der Waals surface area contributed by atoms with Crippen molar-refractivity contribution in [1.82, 2.24) is 19.0 Å². The van der Waals surface area contributed by atoms with Crippen LogP contribution in [0.3, 0.4) is 0 Å². The molecule has 2 heterocycles. The molecule has 4 rings (SSSR count). The Morgan fingerprint density at radius 1 is 1.06 bits per heavy atom. The van der Waals surface area contributed by atoms with Crippen LogP contribution in [-0.2, 0) is 10.0 Å². The molecule has 8 heteroatoms. The van der Waals surface area contributed by atoms with Crippen LogP contribution in [0.1, 0.15) is 44.9 Å². The fourth-order valence-corrected chi connectivity index (χ4v) is 6.68. The van der Waals surface area contributed by atoms with Crippen molar-refractivity contribution in [2.75, 3.05) is 31.9 Å². The Kier molecular flexibility index (Phi) is 7.12. The van der Waals surface area contributed by atoms with Crippen LogP contribution in [0.25, 0.3) is 16.6 Å². The molecule has 1 aliphatic heterocycles. The van der Waals surface area contributed by atoms with Gasteiger partial charge in [0.1, 0.15) is 5.82 Å². The lowest BCUT2D eigenvalue weighted by Crippen LogP contribution is -2.52. The number of hydrogen-bond donors (Lipinski definition) is 0. The molecule has 0 saturated carbocycles. The number of halogens is 1. The van der Waals surface area contributed by atoms with Crippen LogP contribution >= 0.6 is 0 Å². The molecule has 0 bridgehead atoms. The van der Waals surface area contributed by atoms with Crippen LogP contribution < -0.4 is 0 Å². The Morgan fingerprint density at radius 2 is 1.76 bits per heavy atom. The summed E-state index contributed by atoms with van der Waals surface area (Å²) in [5, 5.41) is 5.53. The molecule has 1 aromatic heterocycles. The van der Waals surface area contributed by atoms with E-state index in [1.807, 2.05) is 24.7 Å². The van der Waals surface area contributed by atoms with E-state index < -0.39 is 10.0 Å². The highest BCUT2D eigenvalue weighted by Crippen LogP contribution is 2.33. The van der Waals surface area contributed by atoms with Crippen LogP contribution in [0.4, 0.5) is 4.39 Å². The summed E-state index contributed by atoms with van der Waals surface area (Å²) in [6.45, 7) is 13.0. The zero-order valence-corrected chi connectivity index (χ0v) is 21.5.